The molecule has 0 heterocycles. The van der Waals surface area contributed by atoms with Crippen molar-refractivity contribution in [2.24, 2.45) is 5.41 Å². The van der Waals surface area contributed by atoms with E-state index in [0.717, 1.165) is 6.08 Å². The molecule has 0 aromatic carbocycles. The molecule has 82 valence electrons. The molecule has 0 aliphatic heterocycles. The molecule has 4 nitrogen and oxygen atoms in total. The van der Waals surface area contributed by atoms with Gasteiger partial charge >= 0.3 is 0 Å². The minimum atomic E-state index is -4.13. The van der Waals surface area contributed by atoms with Crippen molar-refractivity contribution in [3.05, 3.63) is 12.7 Å². The summed E-state index contributed by atoms with van der Waals surface area (Å²) in [5, 5.41) is 0. The largest absolute Gasteiger partial charge is 0.294 e. The lowest BCUT2D eigenvalue weighted by atomic mass is 9.83. The molecule has 0 saturated carbocycles. The molecular weight excluding hydrogens is 204 g/mol. The van der Waals surface area contributed by atoms with Gasteiger partial charge in [0.1, 0.15) is 0 Å². The SMILES string of the molecule is C=CC(=O)C(C)(CCC)CS(=O)(=O)O. The Morgan fingerprint density at radius 2 is 2.07 bits per heavy atom. The second kappa shape index (κ2) is 4.70. The molecule has 5 heteroatoms. The Hall–Kier alpha value is -0.680. The van der Waals surface area contributed by atoms with Gasteiger partial charge in [0.25, 0.3) is 10.1 Å². The van der Waals surface area contributed by atoms with Crippen LogP contribution in [0, 0.1) is 5.41 Å². The van der Waals surface area contributed by atoms with Gasteiger partial charge in [-0.25, -0.2) is 0 Å². The maximum Gasteiger partial charge on any atom is 0.265 e. The van der Waals surface area contributed by atoms with Gasteiger partial charge in [-0.1, -0.05) is 26.8 Å². The van der Waals surface area contributed by atoms with Gasteiger partial charge in [-0.05, 0) is 12.5 Å². The van der Waals surface area contributed by atoms with E-state index >= 15 is 0 Å². The lowest BCUT2D eigenvalue weighted by molar-refractivity contribution is -0.122. The van der Waals surface area contributed by atoms with Gasteiger partial charge in [-0.2, -0.15) is 8.42 Å². The molecule has 0 fully saturated rings. The molecule has 1 atom stereocenters. The van der Waals surface area contributed by atoms with E-state index in [2.05, 4.69) is 6.58 Å². The van der Waals surface area contributed by atoms with Crippen LogP contribution in [0.2, 0.25) is 0 Å². The van der Waals surface area contributed by atoms with Crippen molar-refractivity contribution >= 4 is 15.9 Å². The molecule has 0 amide bonds. The summed E-state index contributed by atoms with van der Waals surface area (Å²) in [5.74, 6) is -0.893. The van der Waals surface area contributed by atoms with E-state index in [1.165, 1.54) is 6.92 Å². The van der Waals surface area contributed by atoms with E-state index in [1.807, 2.05) is 6.92 Å². The van der Waals surface area contributed by atoms with Gasteiger partial charge < -0.3 is 0 Å². The lowest BCUT2D eigenvalue weighted by Crippen LogP contribution is -2.34. The summed E-state index contributed by atoms with van der Waals surface area (Å²) in [7, 11) is -4.13. The number of carbonyl (C=O) groups excluding carboxylic acids is 1. The number of ketones is 1. The van der Waals surface area contributed by atoms with Crippen molar-refractivity contribution in [1.29, 1.82) is 0 Å². The zero-order valence-corrected chi connectivity index (χ0v) is 9.30. The molecule has 0 spiro atoms. The maximum absolute atomic E-state index is 11.4. The van der Waals surface area contributed by atoms with Gasteiger partial charge in [-0.15, -0.1) is 0 Å². The second-order valence-corrected chi connectivity index (χ2v) is 5.06. The molecule has 0 aromatic heterocycles. The fourth-order valence-electron chi connectivity index (χ4n) is 1.47. The van der Waals surface area contributed by atoms with E-state index in [9.17, 15) is 13.2 Å². The third-order valence-electron chi connectivity index (χ3n) is 2.08. The number of hydrogen-bond donors (Lipinski definition) is 1. The number of hydrogen-bond acceptors (Lipinski definition) is 3. The summed E-state index contributed by atoms with van der Waals surface area (Å²) in [6, 6.07) is 0. The molecule has 0 bridgehead atoms. The maximum atomic E-state index is 11.4. The van der Waals surface area contributed by atoms with Crippen LogP contribution in [-0.2, 0) is 14.9 Å². The highest BCUT2D eigenvalue weighted by atomic mass is 32.2. The number of allylic oxidation sites excluding steroid dienone is 1. The average molecular weight is 220 g/mol. The fraction of sp³-hybridized carbons (Fsp3) is 0.667. The smallest absolute Gasteiger partial charge is 0.265 e. The van der Waals surface area contributed by atoms with E-state index < -0.39 is 21.3 Å². The van der Waals surface area contributed by atoms with E-state index in [4.69, 9.17) is 4.55 Å². The van der Waals surface area contributed by atoms with Crippen molar-refractivity contribution in [2.45, 2.75) is 26.7 Å². The van der Waals surface area contributed by atoms with Crippen LogP contribution in [0.15, 0.2) is 12.7 Å². The molecule has 0 rings (SSSR count). The molecule has 0 aliphatic rings. The van der Waals surface area contributed by atoms with E-state index in [1.54, 1.807) is 0 Å². The highest BCUT2D eigenvalue weighted by molar-refractivity contribution is 7.85. The lowest BCUT2D eigenvalue weighted by Gasteiger charge is -2.24. The van der Waals surface area contributed by atoms with Gasteiger partial charge in [-0.3, -0.25) is 9.35 Å². The van der Waals surface area contributed by atoms with Crippen LogP contribution >= 0.6 is 0 Å². The molecule has 1 N–H and O–H groups in total. The summed E-state index contributed by atoms with van der Waals surface area (Å²) in [6.07, 6.45) is 2.18. The Morgan fingerprint density at radius 3 is 2.36 bits per heavy atom. The van der Waals surface area contributed by atoms with Crippen LogP contribution in [0.1, 0.15) is 26.7 Å². The Bertz CT molecular complexity index is 318. The predicted octanol–water partition coefficient (Wildman–Crippen LogP) is 1.44. The molecule has 0 aromatic rings. The Kier molecular flexibility index (Phi) is 4.48. The van der Waals surface area contributed by atoms with Crippen LogP contribution in [0.25, 0.3) is 0 Å². The monoisotopic (exact) mass is 220 g/mol. The first-order valence-electron chi connectivity index (χ1n) is 4.37. The minimum Gasteiger partial charge on any atom is -0.294 e. The average Bonchev–Trinajstić information content (AvgIpc) is 2.00. The predicted molar refractivity (Wildman–Crippen MR) is 54.6 cm³/mol. The van der Waals surface area contributed by atoms with Crippen molar-refractivity contribution in [1.82, 2.24) is 0 Å². The van der Waals surface area contributed by atoms with E-state index in [-0.39, 0.29) is 5.78 Å². The quantitative estimate of drug-likeness (QED) is 0.543. The van der Waals surface area contributed by atoms with Crippen molar-refractivity contribution in [3.8, 4) is 0 Å². The highest BCUT2D eigenvalue weighted by Gasteiger charge is 2.34. The van der Waals surface area contributed by atoms with Crippen LogP contribution < -0.4 is 0 Å². The summed E-state index contributed by atoms with van der Waals surface area (Å²) in [4.78, 5) is 11.4. The molecule has 14 heavy (non-hydrogen) atoms. The first-order chi connectivity index (χ1) is 6.25. The molecule has 0 aliphatic carbocycles. The van der Waals surface area contributed by atoms with Gasteiger partial charge in [0.15, 0.2) is 5.78 Å². The zero-order valence-electron chi connectivity index (χ0n) is 8.49. The van der Waals surface area contributed by atoms with Crippen molar-refractivity contribution in [3.63, 3.8) is 0 Å². The fourth-order valence-corrected chi connectivity index (χ4v) is 2.56. The van der Waals surface area contributed by atoms with Crippen LogP contribution in [0.5, 0.6) is 0 Å². The molecule has 1 unspecified atom stereocenters. The summed E-state index contributed by atoms with van der Waals surface area (Å²) >= 11 is 0. The molecular formula is C9H16O4S. The summed E-state index contributed by atoms with van der Waals surface area (Å²) in [6.45, 7) is 6.68. The van der Waals surface area contributed by atoms with Crippen molar-refractivity contribution in [2.75, 3.05) is 5.75 Å². The van der Waals surface area contributed by atoms with Crippen molar-refractivity contribution < 1.29 is 17.8 Å². The Balaban J connectivity index is 4.90. The third kappa shape index (κ3) is 4.02. The van der Waals surface area contributed by atoms with E-state index in [0.29, 0.717) is 12.8 Å². The normalized spacial score (nSPS) is 15.9. The Morgan fingerprint density at radius 1 is 1.57 bits per heavy atom. The first-order valence-corrected chi connectivity index (χ1v) is 5.98. The van der Waals surface area contributed by atoms with Crippen LogP contribution in [-0.4, -0.2) is 24.5 Å². The number of carbonyl (C=O) groups is 1. The summed E-state index contributed by atoms with van der Waals surface area (Å²) < 4.78 is 30.1. The topological polar surface area (TPSA) is 71.4 Å². The first kappa shape index (κ1) is 13.3. The Labute approximate surface area is 84.8 Å². The summed E-state index contributed by atoms with van der Waals surface area (Å²) in [5.41, 5.74) is -1.05. The van der Waals surface area contributed by atoms with Crippen LogP contribution in [0.4, 0.5) is 0 Å². The van der Waals surface area contributed by atoms with Gasteiger partial charge in [0.05, 0.1) is 5.75 Å². The third-order valence-corrected chi connectivity index (χ3v) is 3.08. The van der Waals surface area contributed by atoms with Gasteiger partial charge in [0.2, 0.25) is 0 Å². The molecule has 0 saturated heterocycles. The minimum absolute atomic E-state index is 0.350. The second-order valence-electron chi connectivity index (χ2n) is 3.61. The highest BCUT2D eigenvalue weighted by Crippen LogP contribution is 2.26. The van der Waals surface area contributed by atoms with Gasteiger partial charge in [0, 0.05) is 5.41 Å². The van der Waals surface area contributed by atoms with Crippen LogP contribution in [0.3, 0.4) is 0 Å². The molecule has 0 radical (unpaired) electrons. The number of rotatable bonds is 6. The zero-order chi connectivity index (χ0) is 11.4. The standard InChI is InChI=1S/C9H16O4S/c1-4-6-9(3,8(10)5-2)7-14(11,12)13/h5H,2,4,6-7H2,1,3H3,(H,11,12,13).